The molecule has 94 valence electrons. The lowest BCUT2D eigenvalue weighted by Gasteiger charge is -2.24. The summed E-state index contributed by atoms with van der Waals surface area (Å²) < 4.78 is 6.61. The van der Waals surface area contributed by atoms with E-state index in [2.05, 4.69) is 34.2 Å². The van der Waals surface area contributed by atoms with E-state index in [0.717, 1.165) is 34.7 Å². The highest BCUT2D eigenvalue weighted by Crippen LogP contribution is 2.57. The largest absolute Gasteiger partial charge is 0.453 e. The zero-order valence-corrected chi connectivity index (χ0v) is 11.9. The lowest BCUT2D eigenvalue weighted by atomic mass is 9.92. The lowest BCUT2D eigenvalue weighted by molar-refractivity contribution is 0.292. The minimum Gasteiger partial charge on any atom is -0.453 e. The summed E-state index contributed by atoms with van der Waals surface area (Å²) in [6.45, 7) is 3.29. The van der Waals surface area contributed by atoms with Crippen LogP contribution in [0.1, 0.15) is 44.4 Å². The summed E-state index contributed by atoms with van der Waals surface area (Å²) in [5.74, 6) is 3.95. The quantitative estimate of drug-likeness (QED) is 0.884. The summed E-state index contributed by atoms with van der Waals surface area (Å²) in [5.41, 5.74) is 0. The van der Waals surface area contributed by atoms with E-state index in [0.29, 0.717) is 6.04 Å². The molecule has 0 spiro atoms. The van der Waals surface area contributed by atoms with Gasteiger partial charge in [-0.3, -0.25) is 0 Å². The molecule has 3 atom stereocenters. The van der Waals surface area contributed by atoms with E-state index in [1.807, 2.05) is 6.07 Å². The number of hydrogen-bond acceptors (Lipinski definition) is 2. The average Bonchev–Trinajstić information content (AvgIpc) is 2.74. The molecule has 3 heteroatoms. The van der Waals surface area contributed by atoms with Crippen LogP contribution in [0.2, 0.25) is 0 Å². The maximum Gasteiger partial charge on any atom is 0.169 e. The van der Waals surface area contributed by atoms with Gasteiger partial charge in [0.05, 0.1) is 6.04 Å². The number of fused-ring (bicyclic) bond motifs is 1. The van der Waals surface area contributed by atoms with Crippen LogP contribution in [-0.2, 0) is 0 Å². The van der Waals surface area contributed by atoms with Crippen LogP contribution in [0.5, 0.6) is 0 Å². The van der Waals surface area contributed by atoms with Crippen LogP contribution < -0.4 is 5.32 Å². The Kier molecular flexibility index (Phi) is 3.31. The minimum atomic E-state index is 0.425. The van der Waals surface area contributed by atoms with Crippen LogP contribution in [0.3, 0.4) is 0 Å². The van der Waals surface area contributed by atoms with Crippen molar-refractivity contribution >= 4 is 15.9 Å². The SMILES string of the molecule is CCCNC(c1ccc(Br)o1)C1CC2CC2C1. The van der Waals surface area contributed by atoms with Crippen LogP contribution in [0.15, 0.2) is 21.2 Å². The molecule has 17 heavy (non-hydrogen) atoms. The van der Waals surface area contributed by atoms with Gasteiger partial charge in [0.2, 0.25) is 0 Å². The first-order chi connectivity index (χ1) is 8.28. The molecule has 3 rings (SSSR count). The molecule has 2 aliphatic rings. The van der Waals surface area contributed by atoms with Crippen molar-refractivity contribution in [1.29, 1.82) is 0 Å². The molecule has 1 aromatic rings. The Morgan fingerprint density at radius 2 is 2.12 bits per heavy atom. The summed E-state index contributed by atoms with van der Waals surface area (Å²) in [6, 6.07) is 4.54. The van der Waals surface area contributed by atoms with Crippen LogP contribution in [0, 0.1) is 17.8 Å². The van der Waals surface area contributed by atoms with Crippen molar-refractivity contribution in [1.82, 2.24) is 5.32 Å². The Bertz CT molecular complexity index is 379. The van der Waals surface area contributed by atoms with Crippen molar-refractivity contribution in [2.24, 2.45) is 17.8 Å². The monoisotopic (exact) mass is 297 g/mol. The van der Waals surface area contributed by atoms with E-state index in [-0.39, 0.29) is 0 Å². The molecular weight excluding hydrogens is 278 g/mol. The van der Waals surface area contributed by atoms with Crippen molar-refractivity contribution in [3.05, 3.63) is 22.6 Å². The minimum absolute atomic E-state index is 0.425. The molecule has 0 saturated heterocycles. The first-order valence-electron chi connectivity index (χ1n) is 6.76. The second-order valence-electron chi connectivity index (χ2n) is 5.56. The van der Waals surface area contributed by atoms with Gasteiger partial charge in [-0.25, -0.2) is 0 Å². The average molecular weight is 298 g/mol. The van der Waals surface area contributed by atoms with Crippen LogP contribution in [0.25, 0.3) is 0 Å². The fourth-order valence-electron chi connectivity index (χ4n) is 3.33. The van der Waals surface area contributed by atoms with Crippen molar-refractivity contribution < 1.29 is 4.42 Å². The first-order valence-corrected chi connectivity index (χ1v) is 7.56. The van der Waals surface area contributed by atoms with E-state index in [1.165, 1.54) is 25.7 Å². The Morgan fingerprint density at radius 3 is 2.71 bits per heavy atom. The maximum absolute atomic E-state index is 5.76. The number of halogens is 1. The Morgan fingerprint density at radius 1 is 1.35 bits per heavy atom. The first kappa shape index (κ1) is 11.8. The smallest absolute Gasteiger partial charge is 0.169 e. The lowest BCUT2D eigenvalue weighted by Crippen LogP contribution is -2.28. The summed E-state index contributed by atoms with van der Waals surface area (Å²) in [7, 11) is 0. The van der Waals surface area contributed by atoms with E-state index < -0.39 is 0 Å². The van der Waals surface area contributed by atoms with Crippen molar-refractivity contribution in [3.63, 3.8) is 0 Å². The topological polar surface area (TPSA) is 25.2 Å². The predicted molar refractivity (Wildman–Crippen MR) is 71.8 cm³/mol. The molecule has 1 heterocycles. The standard InChI is InChI=1S/C14H20BrNO/c1-2-5-16-14(12-3-4-13(15)17-12)11-7-9-6-10(9)8-11/h3-4,9-11,14,16H,2,5-8H2,1H3. The molecule has 0 amide bonds. The molecule has 3 unspecified atom stereocenters. The van der Waals surface area contributed by atoms with Gasteiger partial charge in [-0.1, -0.05) is 6.92 Å². The molecule has 2 saturated carbocycles. The Balaban J connectivity index is 1.71. The molecule has 0 bridgehead atoms. The zero-order chi connectivity index (χ0) is 11.8. The predicted octanol–water partition coefficient (Wildman–Crippen LogP) is 4.13. The summed E-state index contributed by atoms with van der Waals surface area (Å²) >= 11 is 3.40. The number of nitrogens with one attached hydrogen (secondary N) is 1. The fraction of sp³-hybridized carbons (Fsp3) is 0.714. The maximum atomic E-state index is 5.76. The zero-order valence-electron chi connectivity index (χ0n) is 10.3. The Hall–Kier alpha value is -0.280. The summed E-state index contributed by atoms with van der Waals surface area (Å²) in [4.78, 5) is 0. The second kappa shape index (κ2) is 4.77. The van der Waals surface area contributed by atoms with Gasteiger partial charge in [0, 0.05) is 0 Å². The second-order valence-corrected chi connectivity index (χ2v) is 6.34. The van der Waals surface area contributed by atoms with Gasteiger partial charge < -0.3 is 9.73 Å². The molecule has 0 radical (unpaired) electrons. The van der Waals surface area contributed by atoms with Gasteiger partial charge in [0.15, 0.2) is 4.67 Å². The van der Waals surface area contributed by atoms with Gasteiger partial charge in [-0.15, -0.1) is 0 Å². The Labute approximate surface area is 111 Å². The number of rotatable bonds is 5. The summed E-state index contributed by atoms with van der Waals surface area (Å²) in [6.07, 6.45) is 5.45. The highest BCUT2D eigenvalue weighted by Gasteiger charge is 2.48. The van der Waals surface area contributed by atoms with Gasteiger partial charge in [-0.05, 0) is 78.0 Å². The van der Waals surface area contributed by atoms with Gasteiger partial charge in [-0.2, -0.15) is 0 Å². The van der Waals surface area contributed by atoms with Crippen molar-refractivity contribution in [2.45, 2.75) is 38.6 Å². The van der Waals surface area contributed by atoms with Crippen molar-refractivity contribution in [3.8, 4) is 0 Å². The number of furan rings is 1. The molecular formula is C14H20BrNO. The summed E-state index contributed by atoms with van der Waals surface area (Å²) in [5, 5.41) is 3.67. The molecule has 2 aliphatic carbocycles. The molecule has 2 nitrogen and oxygen atoms in total. The van der Waals surface area contributed by atoms with Crippen LogP contribution in [0.4, 0.5) is 0 Å². The molecule has 0 aliphatic heterocycles. The van der Waals surface area contributed by atoms with E-state index >= 15 is 0 Å². The van der Waals surface area contributed by atoms with Gasteiger partial charge >= 0.3 is 0 Å². The molecule has 1 N–H and O–H groups in total. The van der Waals surface area contributed by atoms with Crippen LogP contribution in [-0.4, -0.2) is 6.54 Å². The van der Waals surface area contributed by atoms with Crippen LogP contribution >= 0.6 is 15.9 Å². The third-order valence-corrected chi connectivity index (χ3v) is 4.69. The third kappa shape index (κ3) is 2.45. The van der Waals surface area contributed by atoms with E-state index in [1.54, 1.807) is 0 Å². The molecule has 2 fully saturated rings. The van der Waals surface area contributed by atoms with Crippen molar-refractivity contribution in [2.75, 3.05) is 6.54 Å². The van der Waals surface area contributed by atoms with E-state index in [4.69, 9.17) is 4.42 Å². The number of hydrogen-bond donors (Lipinski definition) is 1. The highest BCUT2D eigenvalue weighted by atomic mass is 79.9. The molecule has 0 aromatic carbocycles. The normalized spacial score (nSPS) is 32.5. The third-order valence-electron chi connectivity index (χ3n) is 4.27. The van der Waals surface area contributed by atoms with Gasteiger partial charge in [0.1, 0.15) is 5.76 Å². The van der Waals surface area contributed by atoms with E-state index in [9.17, 15) is 0 Å². The molecule has 1 aromatic heterocycles. The fourth-order valence-corrected chi connectivity index (χ4v) is 3.65. The van der Waals surface area contributed by atoms with Gasteiger partial charge in [0.25, 0.3) is 0 Å². The highest BCUT2D eigenvalue weighted by molar-refractivity contribution is 9.10.